The number of ether oxygens (including phenoxy) is 1. The van der Waals surface area contributed by atoms with Crippen LogP contribution in [0.5, 0.6) is 11.5 Å². The zero-order valence-electron chi connectivity index (χ0n) is 21.9. The summed E-state index contributed by atoms with van der Waals surface area (Å²) in [5.74, 6) is 0.516. The van der Waals surface area contributed by atoms with E-state index >= 15 is 0 Å². The van der Waals surface area contributed by atoms with E-state index in [1.807, 2.05) is 0 Å². The fraction of sp³-hybridized carbons (Fsp3) is 0.310. The molecule has 1 aliphatic heterocycles. The van der Waals surface area contributed by atoms with Gasteiger partial charge in [-0.25, -0.2) is 4.79 Å². The first-order valence-corrected chi connectivity index (χ1v) is 13.2. The first-order valence-electron chi connectivity index (χ1n) is 13.2. The number of halogens is 3. The molecule has 4 amide bonds. The maximum Gasteiger partial charge on any atom is 0.418 e. The fourth-order valence-corrected chi connectivity index (χ4v) is 6.29. The van der Waals surface area contributed by atoms with Gasteiger partial charge in [-0.2, -0.15) is 13.2 Å². The Morgan fingerprint density at radius 1 is 0.976 bits per heavy atom. The molecule has 212 valence electrons. The Balaban J connectivity index is 1.12. The zero-order chi connectivity index (χ0) is 28.9. The highest BCUT2D eigenvalue weighted by molar-refractivity contribution is 6.08. The molecular formula is C29H26F3N5O4. The van der Waals surface area contributed by atoms with E-state index in [2.05, 4.69) is 20.9 Å². The minimum Gasteiger partial charge on any atom is -0.457 e. The summed E-state index contributed by atoms with van der Waals surface area (Å²) in [7, 11) is 1.49. The van der Waals surface area contributed by atoms with Crippen molar-refractivity contribution in [3.8, 4) is 11.5 Å². The van der Waals surface area contributed by atoms with Gasteiger partial charge in [-0.1, -0.05) is 0 Å². The van der Waals surface area contributed by atoms with Crippen molar-refractivity contribution < 1.29 is 32.3 Å². The molecule has 1 aromatic heterocycles. The van der Waals surface area contributed by atoms with Gasteiger partial charge in [0.15, 0.2) is 0 Å². The van der Waals surface area contributed by atoms with Crippen LogP contribution in [0.3, 0.4) is 0 Å². The van der Waals surface area contributed by atoms with E-state index in [4.69, 9.17) is 4.74 Å². The van der Waals surface area contributed by atoms with Crippen molar-refractivity contribution in [2.45, 2.75) is 37.9 Å². The minimum absolute atomic E-state index is 0.0567. The fourth-order valence-electron chi connectivity index (χ4n) is 6.29. The number of rotatable bonds is 6. The first kappa shape index (κ1) is 26.6. The van der Waals surface area contributed by atoms with E-state index in [1.165, 1.54) is 36.3 Å². The van der Waals surface area contributed by atoms with Crippen LogP contribution in [-0.2, 0) is 11.0 Å². The van der Waals surface area contributed by atoms with E-state index in [9.17, 15) is 27.6 Å². The lowest BCUT2D eigenvalue weighted by Gasteiger charge is -2.60. The third-order valence-electron chi connectivity index (χ3n) is 8.31. The van der Waals surface area contributed by atoms with Gasteiger partial charge in [-0.15, -0.1) is 0 Å². The Kier molecular flexibility index (Phi) is 6.35. The third-order valence-corrected chi connectivity index (χ3v) is 8.31. The van der Waals surface area contributed by atoms with Gasteiger partial charge in [0.1, 0.15) is 17.2 Å². The van der Waals surface area contributed by atoms with Crippen molar-refractivity contribution in [2.24, 2.45) is 11.3 Å². The van der Waals surface area contributed by atoms with Crippen molar-refractivity contribution in [3.63, 3.8) is 0 Å². The zero-order valence-corrected chi connectivity index (χ0v) is 21.9. The SMILES string of the molecule is CNC(=O)c1cc(Oc2ccc(NC(=O)Nc3ccc(N4C(=O)C56CCC5CCC46)c(C(F)(F)F)c3)cc2)ccn1. The molecule has 41 heavy (non-hydrogen) atoms. The molecule has 9 nitrogen and oxygen atoms in total. The molecule has 3 aliphatic rings. The Bertz CT molecular complexity index is 1540. The van der Waals surface area contributed by atoms with Crippen LogP contribution in [0.4, 0.5) is 35.0 Å². The lowest BCUT2D eigenvalue weighted by atomic mass is 9.55. The van der Waals surface area contributed by atoms with E-state index < -0.39 is 23.2 Å². The molecule has 2 saturated carbocycles. The average Bonchev–Trinajstić information content (AvgIpc) is 3.15. The van der Waals surface area contributed by atoms with Crippen LogP contribution in [0.25, 0.3) is 0 Å². The van der Waals surface area contributed by atoms with Crippen LogP contribution >= 0.6 is 0 Å². The number of alkyl halides is 3. The molecule has 1 saturated heterocycles. The summed E-state index contributed by atoms with van der Waals surface area (Å²) in [4.78, 5) is 42.6. The lowest BCUT2D eigenvalue weighted by Crippen LogP contribution is -2.72. The first-order chi connectivity index (χ1) is 19.6. The summed E-state index contributed by atoms with van der Waals surface area (Å²) < 4.78 is 47.9. The number of β-lactam (4-membered cyclic amide) rings is 1. The number of nitrogens with zero attached hydrogens (tertiary/aromatic N) is 2. The van der Waals surface area contributed by atoms with Crippen LogP contribution in [0.2, 0.25) is 0 Å². The molecule has 3 N–H and O–H groups in total. The second-order valence-electron chi connectivity index (χ2n) is 10.4. The number of carbonyl (C=O) groups excluding carboxylic acids is 3. The minimum atomic E-state index is -4.71. The van der Waals surface area contributed by atoms with E-state index in [0.29, 0.717) is 23.6 Å². The molecule has 0 radical (unpaired) electrons. The van der Waals surface area contributed by atoms with Gasteiger partial charge in [0, 0.05) is 30.7 Å². The quantitative estimate of drug-likeness (QED) is 0.327. The van der Waals surface area contributed by atoms with Gasteiger partial charge >= 0.3 is 12.2 Å². The highest BCUT2D eigenvalue weighted by Crippen LogP contribution is 2.66. The average molecular weight is 566 g/mol. The van der Waals surface area contributed by atoms with Gasteiger partial charge in [-0.05, 0) is 80.1 Å². The number of anilines is 3. The number of nitrogens with one attached hydrogen (secondary N) is 3. The van der Waals surface area contributed by atoms with Crippen molar-refractivity contribution in [3.05, 3.63) is 72.1 Å². The molecule has 6 rings (SSSR count). The molecule has 3 unspecified atom stereocenters. The Morgan fingerprint density at radius 3 is 2.39 bits per heavy atom. The molecule has 0 bridgehead atoms. The van der Waals surface area contributed by atoms with Gasteiger partial charge in [0.2, 0.25) is 5.91 Å². The maximum absolute atomic E-state index is 14.1. The van der Waals surface area contributed by atoms with Gasteiger partial charge in [0.25, 0.3) is 5.91 Å². The Morgan fingerprint density at radius 2 is 1.71 bits per heavy atom. The normalized spacial score (nSPS) is 22.5. The van der Waals surface area contributed by atoms with Crippen LogP contribution in [0.15, 0.2) is 60.8 Å². The summed E-state index contributed by atoms with van der Waals surface area (Å²) in [5.41, 5.74) is -1.09. The largest absolute Gasteiger partial charge is 0.457 e. The highest BCUT2D eigenvalue weighted by atomic mass is 19.4. The van der Waals surface area contributed by atoms with Crippen molar-refractivity contribution in [1.82, 2.24) is 10.3 Å². The molecule has 12 heteroatoms. The maximum atomic E-state index is 14.1. The molecule has 3 fully saturated rings. The number of amides is 4. The monoisotopic (exact) mass is 565 g/mol. The third kappa shape index (κ3) is 4.52. The Hall–Kier alpha value is -4.61. The van der Waals surface area contributed by atoms with Gasteiger partial charge in [-0.3, -0.25) is 14.6 Å². The number of hydrogen-bond acceptors (Lipinski definition) is 5. The lowest BCUT2D eigenvalue weighted by molar-refractivity contribution is -0.151. The van der Waals surface area contributed by atoms with E-state index in [0.717, 1.165) is 25.3 Å². The molecule has 1 spiro atoms. The summed E-state index contributed by atoms with van der Waals surface area (Å²) >= 11 is 0. The molecule has 2 heterocycles. The van der Waals surface area contributed by atoms with Crippen LogP contribution in [0.1, 0.15) is 41.7 Å². The summed E-state index contributed by atoms with van der Waals surface area (Å²) in [6, 6.07) is 11.9. The standard InChI is InChI=1S/C29H26F3N5O4/c1-33-25(38)22-15-20(11-13-34-22)41-19-6-3-17(4-7-19)35-27(40)36-18-5-8-23(21(14-18)29(30,31)32)37-24-9-2-16-10-12-28(16,24)26(37)39/h3-8,11,13-16,24H,2,9-10,12H2,1H3,(H,33,38)(H2,35,36,40). The number of pyridine rings is 1. The predicted octanol–water partition coefficient (Wildman–Crippen LogP) is 5.80. The topological polar surface area (TPSA) is 113 Å². The smallest absolute Gasteiger partial charge is 0.418 e. The number of carbonyl (C=O) groups is 3. The van der Waals surface area contributed by atoms with Gasteiger partial charge in [0.05, 0.1) is 22.7 Å². The van der Waals surface area contributed by atoms with Crippen LogP contribution in [0, 0.1) is 11.3 Å². The number of aromatic nitrogens is 1. The highest BCUT2D eigenvalue weighted by Gasteiger charge is 2.71. The number of benzene rings is 2. The predicted molar refractivity (Wildman–Crippen MR) is 144 cm³/mol. The molecule has 3 atom stereocenters. The van der Waals surface area contributed by atoms with Crippen molar-refractivity contribution in [2.75, 3.05) is 22.6 Å². The number of hydrogen-bond donors (Lipinski definition) is 3. The van der Waals surface area contributed by atoms with E-state index in [-0.39, 0.29) is 40.8 Å². The van der Waals surface area contributed by atoms with Crippen LogP contribution in [-0.4, -0.2) is 35.9 Å². The van der Waals surface area contributed by atoms with Crippen molar-refractivity contribution in [1.29, 1.82) is 0 Å². The second-order valence-corrected chi connectivity index (χ2v) is 10.4. The Labute approximate surface area is 233 Å². The molecule has 2 aliphatic carbocycles. The van der Waals surface area contributed by atoms with E-state index in [1.54, 1.807) is 30.3 Å². The summed E-state index contributed by atoms with van der Waals surface area (Å²) in [6.07, 6.45) is 0.00106. The van der Waals surface area contributed by atoms with Crippen molar-refractivity contribution >= 4 is 34.9 Å². The molecule has 2 aromatic carbocycles. The van der Waals surface area contributed by atoms with Gasteiger partial charge < -0.3 is 25.6 Å². The molecule has 3 aromatic rings. The molecular weight excluding hydrogens is 539 g/mol. The second kappa shape index (κ2) is 9.79. The number of urea groups is 1. The summed E-state index contributed by atoms with van der Waals surface area (Å²) in [5, 5.41) is 7.49. The van der Waals surface area contributed by atoms with Crippen LogP contribution < -0.4 is 25.6 Å². The summed E-state index contributed by atoms with van der Waals surface area (Å²) in [6.45, 7) is 0.